The van der Waals surface area contributed by atoms with Gasteiger partial charge in [-0.05, 0) is 55.7 Å². The van der Waals surface area contributed by atoms with Crippen LogP contribution in [0.5, 0.6) is 0 Å². The number of aryl methyl sites for hydroxylation is 1. The molecule has 1 aliphatic heterocycles. The summed E-state index contributed by atoms with van der Waals surface area (Å²) >= 11 is 0. The predicted octanol–water partition coefficient (Wildman–Crippen LogP) is 4.51. The van der Waals surface area contributed by atoms with Gasteiger partial charge < -0.3 is 20.6 Å². The highest BCUT2D eigenvalue weighted by Gasteiger charge is 2.44. The lowest BCUT2D eigenvalue weighted by Gasteiger charge is -2.34. The van der Waals surface area contributed by atoms with Crippen molar-refractivity contribution in [1.29, 1.82) is 0 Å². The number of urea groups is 1. The standard InChI is InChI=1S/C29H42N4O5/c1-20-8-7-13-23(18-20)30-29(38)33-17-16-32(25(34)15-14-21-9-5-6-10-21)28(33)27(37)31-24(19-26(35)36)22-11-3-2-4-12-22/h7-8,13,18,21-22,24,28H,2-6,9-12,14-17,19H2,1H3,(H,30,38)(H,31,37)(H,35,36). The van der Waals surface area contributed by atoms with Crippen molar-refractivity contribution in [2.24, 2.45) is 11.8 Å². The van der Waals surface area contributed by atoms with Gasteiger partial charge in [0, 0.05) is 31.2 Å². The average Bonchev–Trinajstić information content (AvgIpc) is 3.57. The van der Waals surface area contributed by atoms with Gasteiger partial charge in [0.15, 0.2) is 6.17 Å². The molecule has 2 saturated carbocycles. The fourth-order valence-corrected chi connectivity index (χ4v) is 6.39. The molecule has 3 fully saturated rings. The third-order valence-electron chi connectivity index (χ3n) is 8.44. The maximum atomic E-state index is 13.8. The van der Waals surface area contributed by atoms with E-state index in [1.54, 1.807) is 6.07 Å². The van der Waals surface area contributed by atoms with E-state index in [9.17, 15) is 24.3 Å². The van der Waals surface area contributed by atoms with Crippen LogP contribution in [0, 0.1) is 18.8 Å². The van der Waals surface area contributed by atoms with Crippen molar-refractivity contribution >= 4 is 29.5 Å². The molecule has 9 nitrogen and oxygen atoms in total. The second-order valence-electron chi connectivity index (χ2n) is 11.3. The van der Waals surface area contributed by atoms with Crippen molar-refractivity contribution in [3.8, 4) is 0 Å². The molecule has 38 heavy (non-hydrogen) atoms. The Morgan fingerprint density at radius 2 is 1.66 bits per heavy atom. The molecule has 0 radical (unpaired) electrons. The number of carboxylic acid groups (broad SMARTS) is 1. The second kappa shape index (κ2) is 13.1. The van der Waals surface area contributed by atoms with E-state index in [1.807, 2.05) is 25.1 Å². The molecule has 208 valence electrons. The zero-order chi connectivity index (χ0) is 27.1. The lowest BCUT2D eigenvalue weighted by molar-refractivity contribution is -0.143. The summed E-state index contributed by atoms with van der Waals surface area (Å²) in [6, 6.07) is 6.43. The minimum absolute atomic E-state index is 0.0753. The molecule has 2 atom stereocenters. The SMILES string of the molecule is Cc1cccc(NC(=O)N2CCN(C(=O)CCC3CCCC3)C2C(=O)NC(CC(=O)O)C2CCCCC2)c1. The van der Waals surface area contributed by atoms with Gasteiger partial charge in [-0.2, -0.15) is 0 Å². The maximum absolute atomic E-state index is 13.8. The number of anilines is 1. The van der Waals surface area contributed by atoms with Crippen LogP contribution in [-0.4, -0.2) is 64.0 Å². The fraction of sp³-hybridized carbons (Fsp3) is 0.655. The van der Waals surface area contributed by atoms with E-state index in [0.717, 1.165) is 56.9 Å². The Kier molecular flexibility index (Phi) is 9.63. The number of carboxylic acids is 1. The summed E-state index contributed by atoms with van der Waals surface area (Å²) in [5, 5.41) is 15.4. The van der Waals surface area contributed by atoms with Crippen LogP contribution in [0.25, 0.3) is 0 Å². The number of benzene rings is 1. The number of hydrogen-bond acceptors (Lipinski definition) is 4. The van der Waals surface area contributed by atoms with Crippen LogP contribution in [-0.2, 0) is 14.4 Å². The molecule has 0 spiro atoms. The van der Waals surface area contributed by atoms with Crippen LogP contribution in [0.15, 0.2) is 24.3 Å². The monoisotopic (exact) mass is 526 g/mol. The highest BCUT2D eigenvalue weighted by molar-refractivity contribution is 5.96. The van der Waals surface area contributed by atoms with Crippen molar-refractivity contribution < 1.29 is 24.3 Å². The quantitative estimate of drug-likeness (QED) is 0.438. The van der Waals surface area contributed by atoms with Crippen LogP contribution in [0.3, 0.4) is 0 Å². The zero-order valence-corrected chi connectivity index (χ0v) is 22.5. The van der Waals surface area contributed by atoms with Crippen molar-refractivity contribution in [2.75, 3.05) is 18.4 Å². The van der Waals surface area contributed by atoms with Crippen molar-refractivity contribution in [2.45, 2.75) is 96.2 Å². The van der Waals surface area contributed by atoms with E-state index in [4.69, 9.17) is 0 Å². The summed E-state index contributed by atoms with van der Waals surface area (Å²) in [6.45, 7) is 2.44. The second-order valence-corrected chi connectivity index (χ2v) is 11.3. The smallest absolute Gasteiger partial charge is 0.323 e. The van der Waals surface area contributed by atoms with Crippen LogP contribution in [0.4, 0.5) is 10.5 Å². The molecule has 2 aliphatic carbocycles. The van der Waals surface area contributed by atoms with E-state index >= 15 is 0 Å². The molecule has 1 aromatic rings. The molecule has 0 aromatic heterocycles. The lowest BCUT2D eigenvalue weighted by Crippen LogP contribution is -2.57. The molecular formula is C29H42N4O5. The summed E-state index contributed by atoms with van der Waals surface area (Å²) < 4.78 is 0. The van der Waals surface area contributed by atoms with Crippen molar-refractivity contribution in [3.63, 3.8) is 0 Å². The number of aliphatic carboxylic acids is 1. The third kappa shape index (κ3) is 7.26. The third-order valence-corrected chi connectivity index (χ3v) is 8.44. The first-order valence-electron chi connectivity index (χ1n) is 14.3. The number of carbonyl (C=O) groups is 4. The number of nitrogens with one attached hydrogen (secondary N) is 2. The molecule has 1 aromatic carbocycles. The lowest BCUT2D eigenvalue weighted by atomic mass is 9.82. The molecule has 4 rings (SSSR count). The van der Waals surface area contributed by atoms with E-state index in [2.05, 4.69) is 10.6 Å². The normalized spacial score (nSPS) is 21.3. The molecule has 0 bridgehead atoms. The summed E-state index contributed by atoms with van der Waals surface area (Å²) in [7, 11) is 0. The zero-order valence-electron chi connectivity index (χ0n) is 22.5. The number of amides is 4. The average molecular weight is 527 g/mol. The minimum Gasteiger partial charge on any atom is -0.481 e. The Morgan fingerprint density at radius 1 is 0.974 bits per heavy atom. The summed E-state index contributed by atoms with van der Waals surface area (Å²) in [4.78, 5) is 55.0. The summed E-state index contributed by atoms with van der Waals surface area (Å²) in [6.07, 6.45) is 9.42. The molecule has 3 aliphatic rings. The Bertz CT molecular complexity index is 1000. The number of carbonyl (C=O) groups excluding carboxylic acids is 3. The maximum Gasteiger partial charge on any atom is 0.323 e. The highest BCUT2D eigenvalue weighted by Crippen LogP contribution is 2.30. The largest absolute Gasteiger partial charge is 0.481 e. The first kappa shape index (κ1) is 27.9. The van der Waals surface area contributed by atoms with Crippen LogP contribution in [0.2, 0.25) is 0 Å². The topological polar surface area (TPSA) is 119 Å². The van der Waals surface area contributed by atoms with Gasteiger partial charge >= 0.3 is 12.0 Å². The molecule has 4 amide bonds. The van der Waals surface area contributed by atoms with Gasteiger partial charge in [-0.15, -0.1) is 0 Å². The van der Waals surface area contributed by atoms with Gasteiger partial charge in [-0.3, -0.25) is 19.3 Å². The number of nitrogens with zero attached hydrogens (tertiary/aromatic N) is 2. The van der Waals surface area contributed by atoms with E-state index in [0.29, 0.717) is 18.0 Å². The molecule has 3 N–H and O–H groups in total. The molecule has 1 heterocycles. The molecule has 1 saturated heterocycles. The van der Waals surface area contributed by atoms with Crippen molar-refractivity contribution in [3.05, 3.63) is 29.8 Å². The molecular weight excluding hydrogens is 484 g/mol. The fourth-order valence-electron chi connectivity index (χ4n) is 6.39. The Hall–Kier alpha value is -3.10. The molecule has 2 unspecified atom stereocenters. The van der Waals surface area contributed by atoms with E-state index < -0.39 is 30.1 Å². The number of hydrogen-bond donors (Lipinski definition) is 3. The number of rotatable bonds is 9. The highest BCUT2D eigenvalue weighted by atomic mass is 16.4. The first-order chi connectivity index (χ1) is 18.3. The van der Waals surface area contributed by atoms with Gasteiger partial charge in [-0.25, -0.2) is 4.79 Å². The van der Waals surface area contributed by atoms with Crippen molar-refractivity contribution in [1.82, 2.24) is 15.1 Å². The first-order valence-corrected chi connectivity index (χ1v) is 14.3. The van der Waals surface area contributed by atoms with Gasteiger partial charge in [-0.1, -0.05) is 57.1 Å². The minimum atomic E-state index is -1.10. The van der Waals surface area contributed by atoms with Crippen LogP contribution < -0.4 is 10.6 Å². The predicted molar refractivity (Wildman–Crippen MR) is 144 cm³/mol. The molecule has 9 heteroatoms. The Morgan fingerprint density at radius 3 is 2.34 bits per heavy atom. The summed E-state index contributed by atoms with van der Waals surface area (Å²) in [5.74, 6) is -0.957. The van der Waals surface area contributed by atoms with Crippen LogP contribution in [0.1, 0.15) is 82.6 Å². The Balaban J connectivity index is 1.51. The van der Waals surface area contributed by atoms with Gasteiger partial charge in [0.25, 0.3) is 5.91 Å². The van der Waals surface area contributed by atoms with Gasteiger partial charge in [0.2, 0.25) is 5.91 Å². The Labute approximate surface area is 225 Å². The van der Waals surface area contributed by atoms with Gasteiger partial charge in [0.05, 0.1) is 6.42 Å². The summed E-state index contributed by atoms with van der Waals surface area (Å²) in [5.41, 5.74) is 1.61. The van der Waals surface area contributed by atoms with E-state index in [-0.39, 0.29) is 31.3 Å². The van der Waals surface area contributed by atoms with Crippen LogP contribution >= 0.6 is 0 Å². The van der Waals surface area contributed by atoms with E-state index in [1.165, 1.54) is 22.6 Å². The van der Waals surface area contributed by atoms with Gasteiger partial charge in [0.1, 0.15) is 0 Å².